The minimum Gasteiger partial charge on any atom is -0.490 e. The Labute approximate surface area is 141 Å². The molecule has 2 nitrogen and oxygen atoms in total. The van der Waals surface area contributed by atoms with Crippen molar-refractivity contribution in [2.45, 2.75) is 24.7 Å². The highest BCUT2D eigenvalue weighted by Crippen LogP contribution is 2.26. The van der Waals surface area contributed by atoms with Gasteiger partial charge < -0.3 is 9.47 Å². The summed E-state index contributed by atoms with van der Waals surface area (Å²) in [6.45, 7) is 3.34. The summed E-state index contributed by atoms with van der Waals surface area (Å²) in [6, 6.07) is 15.8. The second-order valence-corrected chi connectivity index (χ2v) is 6.34. The Morgan fingerprint density at radius 3 is 2.27 bits per heavy atom. The highest BCUT2D eigenvalue weighted by atomic mass is 35.5. The van der Waals surface area contributed by atoms with Gasteiger partial charge in [-0.1, -0.05) is 23.7 Å². The summed E-state index contributed by atoms with van der Waals surface area (Å²) in [7, 11) is 0. The van der Waals surface area contributed by atoms with Crippen molar-refractivity contribution in [3.63, 3.8) is 0 Å². The van der Waals surface area contributed by atoms with Gasteiger partial charge in [-0.3, -0.25) is 0 Å². The number of unbranched alkanes of at least 4 members (excludes halogenated alkanes) is 1. The maximum absolute atomic E-state index is 5.87. The second kappa shape index (κ2) is 9.65. The maximum Gasteiger partial charge on any atom is 0.161 e. The molecule has 0 heterocycles. The van der Waals surface area contributed by atoms with E-state index in [1.54, 1.807) is 0 Å². The Bertz CT molecular complexity index is 557. The van der Waals surface area contributed by atoms with E-state index in [1.807, 2.05) is 55.1 Å². The van der Waals surface area contributed by atoms with Crippen molar-refractivity contribution in [3.05, 3.63) is 53.6 Å². The van der Waals surface area contributed by atoms with Gasteiger partial charge in [0, 0.05) is 9.92 Å². The molecular weight excluding hydrogens is 316 g/mol. The molecule has 0 aliphatic heterocycles. The molecule has 0 fully saturated rings. The molecule has 0 unspecified atom stereocenters. The van der Waals surface area contributed by atoms with Crippen LogP contribution in [0.25, 0.3) is 0 Å². The average molecular weight is 337 g/mol. The highest BCUT2D eigenvalue weighted by molar-refractivity contribution is 7.99. The summed E-state index contributed by atoms with van der Waals surface area (Å²) in [6.07, 6.45) is 2.14. The van der Waals surface area contributed by atoms with Crippen molar-refractivity contribution in [1.29, 1.82) is 0 Å². The van der Waals surface area contributed by atoms with E-state index in [-0.39, 0.29) is 0 Å². The van der Waals surface area contributed by atoms with Gasteiger partial charge in [-0.2, -0.15) is 0 Å². The predicted octanol–water partition coefficient (Wildman–Crippen LogP) is 5.69. The van der Waals surface area contributed by atoms with Gasteiger partial charge >= 0.3 is 0 Å². The third-order valence-corrected chi connectivity index (χ3v) is 4.38. The van der Waals surface area contributed by atoms with E-state index in [0.717, 1.165) is 35.1 Å². The van der Waals surface area contributed by atoms with Crippen LogP contribution in [0.1, 0.15) is 19.8 Å². The molecular formula is C18H21ClO2S. The van der Waals surface area contributed by atoms with Gasteiger partial charge in [-0.15, -0.1) is 11.8 Å². The van der Waals surface area contributed by atoms with Gasteiger partial charge in [-0.25, -0.2) is 0 Å². The normalized spacial score (nSPS) is 10.5. The smallest absolute Gasteiger partial charge is 0.161 e. The number of halogens is 1. The Morgan fingerprint density at radius 2 is 1.59 bits per heavy atom. The Kier molecular flexibility index (Phi) is 7.47. The number of para-hydroxylation sites is 2. The number of rotatable bonds is 9. The Morgan fingerprint density at radius 1 is 0.909 bits per heavy atom. The van der Waals surface area contributed by atoms with Gasteiger partial charge in [-0.05, 0) is 61.9 Å². The predicted molar refractivity (Wildman–Crippen MR) is 94.5 cm³/mol. The minimum absolute atomic E-state index is 0.651. The molecule has 0 saturated carbocycles. The summed E-state index contributed by atoms with van der Waals surface area (Å²) in [5, 5.41) is 0.783. The van der Waals surface area contributed by atoms with Crippen LogP contribution >= 0.6 is 23.4 Å². The van der Waals surface area contributed by atoms with Gasteiger partial charge in [0.05, 0.1) is 13.2 Å². The Hall–Kier alpha value is -1.32. The first-order chi connectivity index (χ1) is 10.8. The lowest BCUT2D eigenvalue weighted by Gasteiger charge is -2.11. The van der Waals surface area contributed by atoms with Crippen molar-refractivity contribution < 1.29 is 9.47 Å². The number of thioether (sulfide) groups is 1. The minimum atomic E-state index is 0.651. The van der Waals surface area contributed by atoms with Crippen LogP contribution < -0.4 is 9.47 Å². The Balaban J connectivity index is 1.64. The topological polar surface area (TPSA) is 18.5 Å². The second-order valence-electron chi connectivity index (χ2n) is 4.74. The van der Waals surface area contributed by atoms with Crippen molar-refractivity contribution in [1.82, 2.24) is 0 Å². The van der Waals surface area contributed by atoms with Crippen molar-refractivity contribution in [2.24, 2.45) is 0 Å². The van der Waals surface area contributed by atoms with Gasteiger partial charge in [0.15, 0.2) is 11.5 Å². The standard InChI is InChI=1S/C18H21ClO2S/c1-2-20-17-7-3-4-8-18(17)21-13-5-6-14-22-16-11-9-15(19)10-12-16/h3-4,7-12H,2,5-6,13-14H2,1H3. The molecule has 0 saturated heterocycles. The number of hydrogen-bond donors (Lipinski definition) is 0. The first kappa shape index (κ1) is 17.0. The molecule has 0 radical (unpaired) electrons. The first-order valence-corrected chi connectivity index (χ1v) is 8.89. The van der Waals surface area contributed by atoms with Gasteiger partial charge in [0.2, 0.25) is 0 Å². The fourth-order valence-electron chi connectivity index (χ4n) is 1.95. The quantitative estimate of drug-likeness (QED) is 0.433. The molecule has 22 heavy (non-hydrogen) atoms. The van der Waals surface area contributed by atoms with Crippen LogP contribution in [0, 0.1) is 0 Å². The average Bonchev–Trinajstić information content (AvgIpc) is 2.54. The maximum atomic E-state index is 5.87. The zero-order valence-corrected chi connectivity index (χ0v) is 14.3. The van der Waals surface area contributed by atoms with Crippen LogP contribution in [0.5, 0.6) is 11.5 Å². The van der Waals surface area contributed by atoms with Crippen molar-refractivity contribution >= 4 is 23.4 Å². The summed E-state index contributed by atoms with van der Waals surface area (Å²) in [5.74, 6) is 2.73. The SMILES string of the molecule is CCOc1ccccc1OCCCCSc1ccc(Cl)cc1. The molecule has 118 valence electrons. The van der Waals surface area contributed by atoms with Gasteiger partial charge in [0.25, 0.3) is 0 Å². The molecule has 0 bridgehead atoms. The molecule has 0 aliphatic rings. The summed E-state index contributed by atoms with van der Waals surface area (Å²) < 4.78 is 11.3. The lowest BCUT2D eigenvalue weighted by atomic mass is 10.3. The van der Waals surface area contributed by atoms with E-state index >= 15 is 0 Å². The van der Waals surface area contributed by atoms with E-state index in [9.17, 15) is 0 Å². The fourth-order valence-corrected chi connectivity index (χ4v) is 2.99. The molecule has 0 amide bonds. The lowest BCUT2D eigenvalue weighted by molar-refractivity contribution is 0.273. The van der Waals surface area contributed by atoms with E-state index < -0.39 is 0 Å². The van der Waals surface area contributed by atoms with Crippen molar-refractivity contribution in [3.8, 4) is 11.5 Å². The fraction of sp³-hybridized carbons (Fsp3) is 0.333. The molecule has 2 aromatic rings. The molecule has 0 spiro atoms. The zero-order valence-electron chi connectivity index (χ0n) is 12.8. The molecule has 2 aromatic carbocycles. The van der Waals surface area contributed by atoms with Crippen LogP contribution in [0.2, 0.25) is 5.02 Å². The molecule has 0 atom stereocenters. The summed E-state index contributed by atoms with van der Waals surface area (Å²) in [5.41, 5.74) is 0. The number of benzene rings is 2. The lowest BCUT2D eigenvalue weighted by Crippen LogP contribution is -2.01. The van der Waals surface area contributed by atoms with E-state index in [4.69, 9.17) is 21.1 Å². The molecule has 0 N–H and O–H groups in total. The largest absolute Gasteiger partial charge is 0.490 e. The van der Waals surface area contributed by atoms with Crippen LogP contribution in [-0.2, 0) is 0 Å². The van der Waals surface area contributed by atoms with Crippen LogP contribution in [-0.4, -0.2) is 19.0 Å². The first-order valence-electron chi connectivity index (χ1n) is 7.52. The van der Waals surface area contributed by atoms with Crippen LogP contribution in [0.3, 0.4) is 0 Å². The molecule has 2 rings (SSSR count). The van der Waals surface area contributed by atoms with Gasteiger partial charge in [0.1, 0.15) is 0 Å². The van der Waals surface area contributed by atoms with Crippen molar-refractivity contribution in [2.75, 3.05) is 19.0 Å². The van der Waals surface area contributed by atoms with E-state index in [1.165, 1.54) is 4.90 Å². The third kappa shape index (κ3) is 5.82. The molecule has 0 aromatic heterocycles. The third-order valence-electron chi connectivity index (χ3n) is 3.03. The van der Waals surface area contributed by atoms with E-state index in [2.05, 4.69) is 12.1 Å². The zero-order chi connectivity index (χ0) is 15.6. The van der Waals surface area contributed by atoms with E-state index in [0.29, 0.717) is 13.2 Å². The highest BCUT2D eigenvalue weighted by Gasteiger charge is 2.03. The number of hydrogen-bond acceptors (Lipinski definition) is 3. The summed E-state index contributed by atoms with van der Waals surface area (Å²) in [4.78, 5) is 1.26. The molecule has 4 heteroatoms. The summed E-state index contributed by atoms with van der Waals surface area (Å²) >= 11 is 7.72. The van der Waals surface area contributed by atoms with Crippen LogP contribution in [0.4, 0.5) is 0 Å². The monoisotopic (exact) mass is 336 g/mol. The number of ether oxygens (including phenoxy) is 2. The van der Waals surface area contributed by atoms with Crippen LogP contribution in [0.15, 0.2) is 53.4 Å². The molecule has 0 aliphatic carbocycles.